The molecule has 0 aliphatic rings. The van der Waals surface area contributed by atoms with Gasteiger partial charge in [0, 0.05) is 23.9 Å². The van der Waals surface area contributed by atoms with E-state index in [2.05, 4.69) is 21.2 Å². The van der Waals surface area contributed by atoms with Crippen molar-refractivity contribution in [2.75, 3.05) is 24.9 Å². The molecule has 0 bridgehead atoms. The molecule has 1 amide bonds. The molecule has 94 valence electrons. The van der Waals surface area contributed by atoms with E-state index in [9.17, 15) is 4.79 Å². The van der Waals surface area contributed by atoms with E-state index in [1.54, 1.807) is 12.1 Å². The van der Waals surface area contributed by atoms with Crippen LogP contribution < -0.4 is 14.8 Å². The molecular weight excluding hydrogens is 309 g/mol. The molecule has 0 fully saturated rings. The predicted molar refractivity (Wildman–Crippen MR) is 71.6 cm³/mol. The third kappa shape index (κ3) is 3.78. The average molecular weight is 323 g/mol. The van der Waals surface area contributed by atoms with Gasteiger partial charge in [0.15, 0.2) is 11.5 Å². The molecule has 4 nitrogen and oxygen atoms in total. The number of methoxy groups -OCH3 is 2. The van der Waals surface area contributed by atoms with Gasteiger partial charge in [-0.1, -0.05) is 27.5 Å². The molecule has 0 spiro atoms. The number of carbonyl (C=O) groups is 1. The van der Waals surface area contributed by atoms with Gasteiger partial charge in [-0.15, -0.1) is 0 Å². The Labute approximate surface area is 113 Å². The minimum Gasteiger partial charge on any atom is -0.493 e. The summed E-state index contributed by atoms with van der Waals surface area (Å²) in [5.74, 6) is 0.929. The quantitative estimate of drug-likeness (QED) is 0.848. The Morgan fingerprint density at radius 2 is 1.94 bits per heavy atom. The highest BCUT2D eigenvalue weighted by Crippen LogP contribution is 2.35. The first-order valence-corrected chi connectivity index (χ1v) is 6.39. The molecule has 1 N–H and O–H groups in total. The summed E-state index contributed by atoms with van der Waals surface area (Å²) in [7, 11) is 3.05. The smallest absolute Gasteiger partial charge is 0.225 e. The van der Waals surface area contributed by atoms with Gasteiger partial charge in [-0.25, -0.2) is 0 Å². The van der Waals surface area contributed by atoms with Crippen LogP contribution in [0.15, 0.2) is 12.1 Å². The first kappa shape index (κ1) is 14.1. The first-order valence-electron chi connectivity index (χ1n) is 4.89. The highest BCUT2D eigenvalue weighted by Gasteiger charge is 2.11. The zero-order valence-corrected chi connectivity index (χ0v) is 11.9. The summed E-state index contributed by atoms with van der Waals surface area (Å²) in [6.07, 6.45) is 0.380. The molecule has 6 heteroatoms. The molecule has 1 rings (SSSR count). The average Bonchev–Trinajstić information content (AvgIpc) is 2.31. The van der Waals surface area contributed by atoms with Crippen molar-refractivity contribution < 1.29 is 14.3 Å². The van der Waals surface area contributed by atoms with Gasteiger partial charge in [-0.3, -0.25) is 4.79 Å². The first-order chi connectivity index (χ1) is 8.12. The summed E-state index contributed by atoms with van der Waals surface area (Å²) in [5, 5.41) is 3.71. The van der Waals surface area contributed by atoms with Crippen molar-refractivity contribution in [2.24, 2.45) is 0 Å². The number of carbonyl (C=O) groups excluding carboxylic acids is 1. The molecule has 0 unspecified atom stereocenters. The van der Waals surface area contributed by atoms with E-state index < -0.39 is 0 Å². The van der Waals surface area contributed by atoms with Gasteiger partial charge in [0.05, 0.1) is 24.9 Å². The fraction of sp³-hybridized carbons (Fsp3) is 0.364. The van der Waals surface area contributed by atoms with Gasteiger partial charge in [0.25, 0.3) is 0 Å². The summed E-state index contributed by atoms with van der Waals surface area (Å²) < 4.78 is 10.2. The normalized spacial score (nSPS) is 9.88. The fourth-order valence-electron chi connectivity index (χ4n) is 1.25. The third-order valence-electron chi connectivity index (χ3n) is 2.07. The van der Waals surface area contributed by atoms with Crippen LogP contribution in [0.25, 0.3) is 0 Å². The van der Waals surface area contributed by atoms with Gasteiger partial charge in [-0.05, 0) is 0 Å². The molecule has 17 heavy (non-hydrogen) atoms. The molecule has 0 saturated carbocycles. The molecule has 0 heterocycles. The number of hydrogen-bond acceptors (Lipinski definition) is 3. The number of anilines is 1. The second kappa shape index (κ2) is 6.71. The Morgan fingerprint density at radius 1 is 1.35 bits per heavy atom. The zero-order chi connectivity index (χ0) is 12.8. The van der Waals surface area contributed by atoms with Gasteiger partial charge in [0.2, 0.25) is 5.91 Å². The second-order valence-corrected chi connectivity index (χ2v) is 4.37. The molecule has 0 aromatic heterocycles. The number of benzene rings is 1. The molecule has 0 saturated heterocycles. The number of hydrogen-bond donors (Lipinski definition) is 1. The van der Waals surface area contributed by atoms with E-state index in [1.807, 2.05) is 0 Å². The number of nitrogens with one attached hydrogen (secondary N) is 1. The Kier molecular flexibility index (Phi) is 5.58. The summed E-state index contributed by atoms with van der Waals surface area (Å²) in [4.78, 5) is 11.4. The maximum absolute atomic E-state index is 11.4. The fourth-order valence-corrected chi connectivity index (χ4v) is 1.81. The lowest BCUT2D eigenvalue weighted by molar-refractivity contribution is -0.115. The van der Waals surface area contributed by atoms with Crippen LogP contribution in [0, 0.1) is 0 Å². The van der Waals surface area contributed by atoms with E-state index in [4.69, 9.17) is 21.1 Å². The number of rotatable bonds is 5. The Morgan fingerprint density at radius 3 is 2.47 bits per heavy atom. The Hall–Kier alpha value is -0.940. The topological polar surface area (TPSA) is 47.6 Å². The minimum atomic E-state index is -0.115. The number of amides is 1. The van der Waals surface area contributed by atoms with E-state index in [0.717, 1.165) is 0 Å². The number of ether oxygens (including phenoxy) is 2. The van der Waals surface area contributed by atoms with Crippen molar-refractivity contribution in [2.45, 2.75) is 6.42 Å². The van der Waals surface area contributed by atoms with Crippen molar-refractivity contribution in [3.05, 3.63) is 17.2 Å². The SMILES string of the molecule is COc1cc(Cl)c(NC(=O)CCBr)cc1OC. The van der Waals surface area contributed by atoms with Gasteiger partial charge in [0.1, 0.15) is 0 Å². The number of alkyl halides is 1. The number of halogens is 2. The lowest BCUT2D eigenvalue weighted by atomic mass is 10.2. The van der Waals surface area contributed by atoms with Crippen LogP contribution in [0.3, 0.4) is 0 Å². The van der Waals surface area contributed by atoms with Crippen LogP contribution in [-0.4, -0.2) is 25.5 Å². The van der Waals surface area contributed by atoms with Crippen LogP contribution in [0.4, 0.5) is 5.69 Å². The Balaban J connectivity index is 2.96. The lowest BCUT2D eigenvalue weighted by Gasteiger charge is -2.12. The van der Waals surface area contributed by atoms with Gasteiger partial charge >= 0.3 is 0 Å². The van der Waals surface area contributed by atoms with Crippen LogP contribution in [0.1, 0.15) is 6.42 Å². The van der Waals surface area contributed by atoms with Crippen LogP contribution in [0.2, 0.25) is 5.02 Å². The van der Waals surface area contributed by atoms with Gasteiger partial charge in [-0.2, -0.15) is 0 Å². The Bertz CT molecular complexity index is 412. The summed E-state index contributed by atoms with van der Waals surface area (Å²) in [6, 6.07) is 3.23. The molecule has 0 radical (unpaired) electrons. The third-order valence-corrected chi connectivity index (χ3v) is 2.78. The molecule has 1 aromatic rings. The predicted octanol–water partition coefficient (Wildman–Crippen LogP) is 3.08. The van der Waals surface area contributed by atoms with Crippen molar-refractivity contribution in [1.29, 1.82) is 0 Å². The van der Waals surface area contributed by atoms with Crippen LogP contribution in [-0.2, 0) is 4.79 Å². The largest absolute Gasteiger partial charge is 0.493 e. The minimum absolute atomic E-state index is 0.115. The van der Waals surface area contributed by atoms with Crippen molar-refractivity contribution >= 4 is 39.1 Å². The lowest BCUT2D eigenvalue weighted by Crippen LogP contribution is -2.12. The van der Waals surface area contributed by atoms with E-state index in [1.165, 1.54) is 14.2 Å². The molecule has 0 aliphatic heterocycles. The van der Waals surface area contributed by atoms with Crippen molar-refractivity contribution in [1.82, 2.24) is 0 Å². The zero-order valence-electron chi connectivity index (χ0n) is 9.55. The van der Waals surface area contributed by atoms with Crippen LogP contribution >= 0.6 is 27.5 Å². The van der Waals surface area contributed by atoms with Crippen molar-refractivity contribution in [3.8, 4) is 11.5 Å². The molecule has 0 atom stereocenters. The molecule has 0 aliphatic carbocycles. The van der Waals surface area contributed by atoms with Crippen molar-refractivity contribution in [3.63, 3.8) is 0 Å². The van der Waals surface area contributed by atoms with E-state index >= 15 is 0 Å². The highest BCUT2D eigenvalue weighted by atomic mass is 79.9. The summed E-state index contributed by atoms with van der Waals surface area (Å²) in [5.41, 5.74) is 0.510. The monoisotopic (exact) mass is 321 g/mol. The standard InChI is InChI=1S/C11H13BrClNO3/c1-16-9-5-7(13)8(6-10(9)17-2)14-11(15)3-4-12/h5-6H,3-4H2,1-2H3,(H,14,15). The summed E-state index contributed by atoms with van der Waals surface area (Å²) in [6.45, 7) is 0. The maximum Gasteiger partial charge on any atom is 0.225 e. The van der Waals surface area contributed by atoms with Crippen LogP contribution in [0.5, 0.6) is 11.5 Å². The van der Waals surface area contributed by atoms with E-state index in [-0.39, 0.29) is 5.91 Å². The highest BCUT2D eigenvalue weighted by molar-refractivity contribution is 9.09. The second-order valence-electron chi connectivity index (χ2n) is 3.17. The molecule has 1 aromatic carbocycles. The summed E-state index contributed by atoms with van der Waals surface area (Å²) >= 11 is 9.21. The molecular formula is C11H13BrClNO3. The van der Waals surface area contributed by atoms with E-state index in [0.29, 0.717) is 34.0 Å². The van der Waals surface area contributed by atoms with Gasteiger partial charge < -0.3 is 14.8 Å². The maximum atomic E-state index is 11.4.